The lowest BCUT2D eigenvalue weighted by molar-refractivity contribution is 1.04. The Labute approximate surface area is 114 Å². The number of nitrogens with zero attached hydrogens (tertiary/aromatic N) is 1. The maximum atomic E-state index is 6.27. The fourth-order valence-corrected chi connectivity index (χ4v) is 2.92. The summed E-state index contributed by atoms with van der Waals surface area (Å²) < 4.78 is 0.979. The Morgan fingerprint density at radius 1 is 1.35 bits per heavy atom. The van der Waals surface area contributed by atoms with E-state index in [1.165, 1.54) is 12.8 Å². The van der Waals surface area contributed by atoms with Crippen LogP contribution in [0.25, 0.3) is 10.9 Å². The van der Waals surface area contributed by atoms with E-state index >= 15 is 0 Å². The van der Waals surface area contributed by atoms with E-state index < -0.39 is 0 Å². The van der Waals surface area contributed by atoms with Gasteiger partial charge < -0.3 is 5.32 Å². The van der Waals surface area contributed by atoms with Gasteiger partial charge in [0.05, 0.1) is 10.5 Å². The van der Waals surface area contributed by atoms with Gasteiger partial charge in [-0.3, -0.25) is 4.98 Å². The van der Waals surface area contributed by atoms with Crippen LogP contribution in [0, 0.1) is 0 Å². The average Bonchev–Trinajstić information content (AvgIpc) is 3.11. The van der Waals surface area contributed by atoms with Crippen LogP contribution >= 0.6 is 27.5 Å². The monoisotopic (exact) mass is 310 g/mol. The van der Waals surface area contributed by atoms with Gasteiger partial charge in [0.25, 0.3) is 0 Å². The highest BCUT2D eigenvalue weighted by Crippen LogP contribution is 2.42. The smallest absolute Gasteiger partial charge is 0.0913 e. The van der Waals surface area contributed by atoms with Gasteiger partial charge >= 0.3 is 0 Å². The normalized spacial score (nSPS) is 15.2. The molecule has 88 valence electrons. The number of hydrogen-bond donors (Lipinski definition) is 1. The molecule has 17 heavy (non-hydrogen) atoms. The van der Waals surface area contributed by atoms with Crippen molar-refractivity contribution < 1.29 is 0 Å². The summed E-state index contributed by atoms with van der Waals surface area (Å²) in [5, 5.41) is 5.00. The first kappa shape index (κ1) is 11.3. The van der Waals surface area contributed by atoms with Gasteiger partial charge in [-0.2, -0.15) is 0 Å². The molecule has 1 N–H and O–H groups in total. The number of fused-ring (bicyclic) bond motifs is 1. The van der Waals surface area contributed by atoms with Crippen molar-refractivity contribution in [2.45, 2.75) is 18.8 Å². The highest BCUT2D eigenvalue weighted by molar-refractivity contribution is 9.10. The second-order valence-electron chi connectivity index (χ2n) is 4.40. The topological polar surface area (TPSA) is 24.9 Å². The van der Waals surface area contributed by atoms with Crippen molar-refractivity contribution in [1.82, 2.24) is 4.98 Å². The molecule has 2 nitrogen and oxygen atoms in total. The summed E-state index contributed by atoms with van der Waals surface area (Å²) in [6.45, 7) is 0. The number of aromatic nitrogens is 1. The predicted octanol–water partition coefficient (Wildman–Crippen LogP) is 4.57. The first-order valence-corrected chi connectivity index (χ1v) is 6.83. The highest BCUT2D eigenvalue weighted by atomic mass is 79.9. The quantitative estimate of drug-likeness (QED) is 0.879. The Morgan fingerprint density at radius 3 is 2.76 bits per heavy atom. The number of hydrogen-bond acceptors (Lipinski definition) is 2. The maximum absolute atomic E-state index is 6.27. The SMILES string of the molecule is CNc1cc(C2CC2)nc2c(Cl)cc(Br)cc12. The molecule has 0 radical (unpaired) electrons. The van der Waals surface area contributed by atoms with E-state index in [1.54, 1.807) is 0 Å². The summed E-state index contributed by atoms with van der Waals surface area (Å²) >= 11 is 9.73. The molecule has 0 atom stereocenters. The second kappa shape index (κ2) is 4.14. The lowest BCUT2D eigenvalue weighted by atomic mass is 10.1. The van der Waals surface area contributed by atoms with Crippen molar-refractivity contribution in [3.05, 3.63) is 33.4 Å². The van der Waals surface area contributed by atoms with Crippen molar-refractivity contribution in [3.63, 3.8) is 0 Å². The standard InChI is InChI=1S/C13H12BrClN2/c1-16-12-6-11(7-2-3-7)17-13-9(12)4-8(14)5-10(13)15/h4-7H,2-3H2,1H3,(H,16,17). The lowest BCUT2D eigenvalue weighted by Crippen LogP contribution is -1.96. The first-order chi connectivity index (χ1) is 8.19. The van der Waals surface area contributed by atoms with E-state index in [-0.39, 0.29) is 0 Å². The molecule has 0 spiro atoms. The minimum Gasteiger partial charge on any atom is -0.388 e. The van der Waals surface area contributed by atoms with Crippen LogP contribution in [0.3, 0.4) is 0 Å². The molecule has 0 aliphatic heterocycles. The molecule has 0 amide bonds. The Kier molecular flexibility index (Phi) is 2.75. The summed E-state index contributed by atoms with van der Waals surface area (Å²) in [6.07, 6.45) is 2.49. The Morgan fingerprint density at radius 2 is 2.12 bits per heavy atom. The zero-order valence-electron chi connectivity index (χ0n) is 9.43. The van der Waals surface area contributed by atoms with Gasteiger partial charge in [0.1, 0.15) is 0 Å². The highest BCUT2D eigenvalue weighted by Gasteiger charge is 2.26. The molecule has 4 heteroatoms. The maximum Gasteiger partial charge on any atom is 0.0913 e. The molecule has 1 aromatic heterocycles. The Bertz CT molecular complexity index is 593. The van der Waals surface area contributed by atoms with Gasteiger partial charge in [-0.25, -0.2) is 0 Å². The predicted molar refractivity (Wildman–Crippen MR) is 76.0 cm³/mol. The van der Waals surface area contributed by atoms with Crippen LogP contribution in [0.15, 0.2) is 22.7 Å². The number of halogens is 2. The van der Waals surface area contributed by atoms with Crippen LogP contribution < -0.4 is 5.32 Å². The molecule has 1 aliphatic rings. The fraction of sp³-hybridized carbons (Fsp3) is 0.308. The van der Waals surface area contributed by atoms with Crippen LogP contribution in [-0.2, 0) is 0 Å². The molecule has 1 saturated carbocycles. The van der Waals surface area contributed by atoms with Crippen LogP contribution in [0.5, 0.6) is 0 Å². The van der Waals surface area contributed by atoms with E-state index in [1.807, 2.05) is 13.1 Å². The number of rotatable bonds is 2. The average molecular weight is 312 g/mol. The molecule has 0 saturated heterocycles. The van der Waals surface area contributed by atoms with Crippen LogP contribution in [0.2, 0.25) is 5.02 Å². The van der Waals surface area contributed by atoms with Crippen molar-refractivity contribution in [2.75, 3.05) is 12.4 Å². The van der Waals surface area contributed by atoms with E-state index in [0.29, 0.717) is 10.9 Å². The summed E-state index contributed by atoms with van der Waals surface area (Å²) in [5.41, 5.74) is 3.15. The molecule has 3 rings (SSSR count). The first-order valence-electron chi connectivity index (χ1n) is 5.66. The number of benzene rings is 1. The van der Waals surface area contributed by atoms with Crippen LogP contribution in [0.1, 0.15) is 24.5 Å². The third kappa shape index (κ3) is 2.02. The van der Waals surface area contributed by atoms with Crippen LogP contribution in [0.4, 0.5) is 5.69 Å². The summed E-state index contributed by atoms with van der Waals surface area (Å²) in [7, 11) is 1.93. The van der Waals surface area contributed by atoms with Gasteiger partial charge in [0.15, 0.2) is 0 Å². The number of anilines is 1. The minimum atomic E-state index is 0.631. The minimum absolute atomic E-state index is 0.631. The summed E-state index contributed by atoms with van der Waals surface area (Å²) in [4.78, 5) is 4.69. The Hall–Kier alpha value is -0.800. The van der Waals surface area contributed by atoms with E-state index in [0.717, 1.165) is 26.8 Å². The number of nitrogens with one attached hydrogen (secondary N) is 1. The molecule has 1 heterocycles. The van der Waals surface area contributed by atoms with Gasteiger partial charge in [-0.15, -0.1) is 0 Å². The molecule has 1 aliphatic carbocycles. The molecule has 2 aromatic rings. The molecular weight excluding hydrogens is 300 g/mol. The van der Waals surface area contributed by atoms with Gasteiger partial charge in [0, 0.05) is 34.2 Å². The molecule has 1 fully saturated rings. The van der Waals surface area contributed by atoms with E-state index in [4.69, 9.17) is 16.6 Å². The van der Waals surface area contributed by atoms with E-state index in [2.05, 4.69) is 33.4 Å². The van der Waals surface area contributed by atoms with Gasteiger partial charge in [0.2, 0.25) is 0 Å². The zero-order valence-corrected chi connectivity index (χ0v) is 11.8. The van der Waals surface area contributed by atoms with Crippen LogP contribution in [-0.4, -0.2) is 12.0 Å². The fourth-order valence-electron chi connectivity index (χ4n) is 2.07. The molecule has 0 unspecified atom stereocenters. The van der Waals surface area contributed by atoms with Crippen molar-refractivity contribution in [1.29, 1.82) is 0 Å². The van der Waals surface area contributed by atoms with Crippen molar-refractivity contribution >= 4 is 44.1 Å². The van der Waals surface area contributed by atoms with E-state index in [9.17, 15) is 0 Å². The second-order valence-corrected chi connectivity index (χ2v) is 5.73. The largest absolute Gasteiger partial charge is 0.388 e. The van der Waals surface area contributed by atoms with Gasteiger partial charge in [-0.05, 0) is 31.0 Å². The van der Waals surface area contributed by atoms with Crippen molar-refractivity contribution in [2.24, 2.45) is 0 Å². The van der Waals surface area contributed by atoms with Crippen molar-refractivity contribution in [3.8, 4) is 0 Å². The number of pyridine rings is 1. The lowest BCUT2D eigenvalue weighted by Gasteiger charge is -2.10. The molecule has 1 aromatic carbocycles. The Balaban J connectivity index is 2.31. The third-order valence-electron chi connectivity index (χ3n) is 3.12. The molecule has 0 bridgehead atoms. The zero-order chi connectivity index (χ0) is 12.0. The summed E-state index contributed by atoms with van der Waals surface area (Å²) in [5.74, 6) is 0.631. The van der Waals surface area contributed by atoms with Gasteiger partial charge in [-0.1, -0.05) is 27.5 Å². The molecular formula is C13H12BrClN2. The third-order valence-corrected chi connectivity index (χ3v) is 3.86. The summed E-state index contributed by atoms with van der Waals surface area (Å²) in [6, 6.07) is 6.09.